The van der Waals surface area contributed by atoms with Crippen molar-refractivity contribution in [1.82, 2.24) is 24.4 Å². The molecule has 0 N–H and O–H groups in total. The molecule has 7 aromatic rings. The average Bonchev–Trinajstić information content (AvgIpc) is 3.76. The van der Waals surface area contributed by atoms with E-state index in [0.717, 1.165) is 51.0 Å². The maximum absolute atomic E-state index is 13.5. The van der Waals surface area contributed by atoms with E-state index in [1.807, 2.05) is 83.7 Å². The summed E-state index contributed by atoms with van der Waals surface area (Å²) < 4.78 is 9.66. The van der Waals surface area contributed by atoms with Crippen LogP contribution in [0, 0.1) is 0 Å². The minimum atomic E-state index is -0.201. The van der Waals surface area contributed by atoms with Crippen molar-refractivity contribution in [3.8, 4) is 34.1 Å². The Balaban J connectivity index is 1.21. The number of rotatable bonds is 10. The van der Waals surface area contributed by atoms with Crippen LogP contribution in [0.15, 0.2) is 108 Å². The third kappa shape index (κ3) is 5.64. The maximum Gasteiger partial charge on any atom is 0.291 e. The normalized spacial score (nSPS) is 12.0. The molecule has 0 radical (unpaired) electrons. The highest BCUT2D eigenvalue weighted by Crippen LogP contribution is 2.28. The molecule has 0 aliphatic rings. The second-order valence-corrected chi connectivity index (χ2v) is 11.8. The van der Waals surface area contributed by atoms with Crippen LogP contribution in [0.25, 0.3) is 50.1 Å². The number of para-hydroxylation sites is 1. The second-order valence-electron chi connectivity index (χ2n) is 10.8. The molecule has 4 aromatic carbocycles. The van der Waals surface area contributed by atoms with Crippen molar-refractivity contribution in [3.63, 3.8) is 0 Å². The van der Waals surface area contributed by atoms with Gasteiger partial charge in [0.1, 0.15) is 11.4 Å². The van der Waals surface area contributed by atoms with Crippen molar-refractivity contribution in [2.75, 3.05) is 6.61 Å². The highest BCUT2D eigenvalue weighted by molar-refractivity contribution is 7.15. The molecule has 0 spiro atoms. The largest absolute Gasteiger partial charge is 0.494 e. The van der Waals surface area contributed by atoms with Crippen LogP contribution in [0.5, 0.6) is 5.75 Å². The summed E-state index contributed by atoms with van der Waals surface area (Å²) in [5.41, 5.74) is 4.20. The summed E-state index contributed by atoms with van der Waals surface area (Å²) >= 11 is 1.33. The molecule has 0 unspecified atom stereocenters. The van der Waals surface area contributed by atoms with Gasteiger partial charge in [0.15, 0.2) is 5.82 Å². The fraction of sp³-hybridized carbons (Fsp3) is 0.167. The molecule has 0 aliphatic carbocycles. The molecule has 3 heterocycles. The number of benzene rings is 4. The molecule has 218 valence electrons. The van der Waals surface area contributed by atoms with E-state index in [2.05, 4.69) is 47.3 Å². The van der Waals surface area contributed by atoms with Crippen LogP contribution in [-0.4, -0.2) is 31.0 Å². The van der Waals surface area contributed by atoms with Crippen LogP contribution in [0.1, 0.15) is 38.2 Å². The molecule has 0 fully saturated rings. The van der Waals surface area contributed by atoms with Crippen molar-refractivity contribution in [2.45, 2.75) is 32.6 Å². The van der Waals surface area contributed by atoms with Gasteiger partial charge in [0.25, 0.3) is 5.56 Å². The van der Waals surface area contributed by atoms with Crippen LogP contribution in [0.3, 0.4) is 0 Å². The Morgan fingerprint density at radius 2 is 1.59 bits per heavy atom. The van der Waals surface area contributed by atoms with Gasteiger partial charge >= 0.3 is 0 Å². The summed E-state index contributed by atoms with van der Waals surface area (Å²) in [5.74, 6) is 1.34. The monoisotopic (exact) mass is 597 g/mol. The first kappa shape index (κ1) is 27.7. The number of hydrogen-bond donors (Lipinski definition) is 0. The molecule has 0 saturated carbocycles. The topological polar surface area (TPSA) is 74.3 Å². The van der Waals surface area contributed by atoms with Crippen molar-refractivity contribution in [2.24, 2.45) is 0 Å². The Labute approximate surface area is 258 Å². The lowest BCUT2D eigenvalue weighted by Crippen LogP contribution is -2.23. The van der Waals surface area contributed by atoms with E-state index >= 15 is 0 Å². The van der Waals surface area contributed by atoms with Crippen molar-refractivity contribution >= 4 is 33.1 Å². The van der Waals surface area contributed by atoms with E-state index in [4.69, 9.17) is 9.84 Å². The molecule has 7 rings (SSSR count). The van der Waals surface area contributed by atoms with Gasteiger partial charge in [-0.3, -0.25) is 4.79 Å². The summed E-state index contributed by atoms with van der Waals surface area (Å²) in [6.07, 6.45) is 8.54. The molecule has 8 heteroatoms. The number of hydrogen-bond acceptors (Lipinski definition) is 6. The van der Waals surface area contributed by atoms with Crippen molar-refractivity contribution in [3.05, 3.63) is 124 Å². The van der Waals surface area contributed by atoms with Gasteiger partial charge in [-0.25, -0.2) is 4.68 Å². The van der Waals surface area contributed by atoms with Gasteiger partial charge in [0.05, 0.1) is 16.8 Å². The van der Waals surface area contributed by atoms with E-state index in [9.17, 15) is 4.79 Å². The highest BCUT2D eigenvalue weighted by atomic mass is 32.1. The lowest BCUT2D eigenvalue weighted by atomic mass is 10.0. The lowest BCUT2D eigenvalue weighted by Gasteiger charge is -2.06. The summed E-state index contributed by atoms with van der Waals surface area (Å²) in [5, 5.41) is 11.8. The fourth-order valence-corrected chi connectivity index (χ4v) is 6.18. The average molecular weight is 598 g/mol. The minimum absolute atomic E-state index is 0.201. The molecule has 7 nitrogen and oxygen atoms in total. The molecule has 44 heavy (non-hydrogen) atoms. The smallest absolute Gasteiger partial charge is 0.291 e. The van der Waals surface area contributed by atoms with E-state index < -0.39 is 0 Å². The van der Waals surface area contributed by atoms with Gasteiger partial charge in [-0.15, -0.1) is 5.10 Å². The van der Waals surface area contributed by atoms with E-state index in [0.29, 0.717) is 21.9 Å². The molecule has 0 atom stereocenters. The van der Waals surface area contributed by atoms with Crippen LogP contribution in [0.4, 0.5) is 0 Å². The predicted octanol–water partition coefficient (Wildman–Crippen LogP) is 7.33. The Bertz CT molecular complexity index is 2160. The molecule has 0 amide bonds. The van der Waals surface area contributed by atoms with Crippen LogP contribution < -0.4 is 14.8 Å². The summed E-state index contributed by atoms with van der Waals surface area (Å²) in [6.45, 7) is 2.91. The van der Waals surface area contributed by atoms with Gasteiger partial charge in [0, 0.05) is 22.9 Å². The number of thiazole rings is 1. The first-order valence-electron chi connectivity index (χ1n) is 14.9. The Kier molecular flexibility index (Phi) is 7.73. The van der Waals surface area contributed by atoms with E-state index in [-0.39, 0.29) is 5.56 Å². The first-order chi connectivity index (χ1) is 21.7. The third-order valence-corrected chi connectivity index (χ3v) is 8.59. The van der Waals surface area contributed by atoms with Crippen LogP contribution >= 0.6 is 11.3 Å². The molecule has 0 saturated heterocycles. The number of ether oxygens (including phenoxy) is 1. The number of nitrogens with zero attached hydrogens (tertiary/aromatic N) is 5. The minimum Gasteiger partial charge on any atom is -0.494 e. The van der Waals surface area contributed by atoms with Crippen LogP contribution in [0.2, 0.25) is 0 Å². The zero-order valence-corrected chi connectivity index (χ0v) is 25.2. The number of unbranched alkanes of at least 4 members (excludes halogenated alkanes) is 3. The van der Waals surface area contributed by atoms with Gasteiger partial charge in [-0.2, -0.15) is 14.6 Å². The first-order valence-corrected chi connectivity index (χ1v) is 15.8. The van der Waals surface area contributed by atoms with Gasteiger partial charge in [-0.05, 0) is 65.7 Å². The van der Waals surface area contributed by atoms with E-state index in [1.54, 1.807) is 0 Å². The SMILES string of the molecule is CCCCCCOc1ccc(-c2nc3sc(=Cc4cn(-c5ccccc5)nc4-c4ccc5ccccc5c4)c(=O)n3n2)cc1. The zero-order chi connectivity index (χ0) is 29.9. The zero-order valence-electron chi connectivity index (χ0n) is 24.4. The molecule has 0 aliphatic heterocycles. The maximum atomic E-state index is 13.5. The van der Waals surface area contributed by atoms with E-state index in [1.165, 1.54) is 35.1 Å². The molecular weight excluding hydrogens is 566 g/mol. The van der Waals surface area contributed by atoms with Crippen molar-refractivity contribution < 1.29 is 4.74 Å². The third-order valence-electron chi connectivity index (χ3n) is 7.63. The number of fused-ring (bicyclic) bond motifs is 2. The Hall–Kier alpha value is -5.08. The highest BCUT2D eigenvalue weighted by Gasteiger charge is 2.15. The van der Waals surface area contributed by atoms with Gasteiger partial charge in [0.2, 0.25) is 4.96 Å². The summed E-state index contributed by atoms with van der Waals surface area (Å²) in [6, 6.07) is 32.3. The predicted molar refractivity (Wildman–Crippen MR) is 177 cm³/mol. The molecule has 3 aromatic heterocycles. The Morgan fingerprint density at radius 3 is 2.39 bits per heavy atom. The van der Waals surface area contributed by atoms with Gasteiger partial charge < -0.3 is 4.74 Å². The van der Waals surface area contributed by atoms with Crippen LogP contribution in [-0.2, 0) is 0 Å². The second kappa shape index (κ2) is 12.3. The van der Waals surface area contributed by atoms with Crippen molar-refractivity contribution in [1.29, 1.82) is 0 Å². The molecule has 0 bridgehead atoms. The standard InChI is InChI=1S/C36H31N5O2S/c1-2-3-4-10-21-43-31-19-17-26(18-20-31)34-37-36-41(39-34)35(42)32(44-36)23-29-24-40(30-13-6-5-7-14-30)38-33(29)28-16-15-25-11-8-9-12-27(25)22-28/h5-9,11-20,22-24H,2-4,10,21H2,1H3. The summed E-state index contributed by atoms with van der Waals surface area (Å²) in [7, 11) is 0. The Morgan fingerprint density at radius 1 is 0.818 bits per heavy atom. The summed E-state index contributed by atoms with van der Waals surface area (Å²) in [4.78, 5) is 18.8. The lowest BCUT2D eigenvalue weighted by molar-refractivity contribution is 0.305. The molecular formula is C36H31N5O2S. The fourth-order valence-electron chi connectivity index (χ4n) is 5.28. The number of aromatic nitrogens is 5. The van der Waals surface area contributed by atoms with Gasteiger partial charge in [-0.1, -0.05) is 92.1 Å². The quantitative estimate of drug-likeness (QED) is 0.154.